The second-order valence-corrected chi connectivity index (χ2v) is 5.83. The van der Waals surface area contributed by atoms with Crippen LogP contribution in [-0.2, 0) is 11.4 Å². The fourth-order valence-electron chi connectivity index (χ4n) is 2.47. The third-order valence-corrected chi connectivity index (χ3v) is 3.85. The predicted octanol–water partition coefficient (Wildman–Crippen LogP) is 3.40. The van der Waals surface area contributed by atoms with E-state index in [1.807, 2.05) is 44.2 Å². The molecule has 3 aromatic rings. The van der Waals surface area contributed by atoms with Crippen LogP contribution in [0.3, 0.4) is 0 Å². The molecular formula is C20H20N2O4. The van der Waals surface area contributed by atoms with Crippen molar-refractivity contribution in [3.8, 4) is 23.0 Å². The zero-order valence-electron chi connectivity index (χ0n) is 14.7. The first kappa shape index (κ1) is 17.5. The molecule has 0 saturated heterocycles. The van der Waals surface area contributed by atoms with Gasteiger partial charge in [0.25, 0.3) is 5.91 Å². The maximum absolute atomic E-state index is 10.9. The van der Waals surface area contributed by atoms with E-state index in [1.165, 1.54) is 0 Å². The van der Waals surface area contributed by atoms with Gasteiger partial charge in [-0.15, -0.1) is 0 Å². The molecule has 26 heavy (non-hydrogen) atoms. The van der Waals surface area contributed by atoms with Gasteiger partial charge in [-0.3, -0.25) is 4.79 Å². The minimum atomic E-state index is -0.546. The normalized spacial score (nSPS) is 10.5. The van der Waals surface area contributed by atoms with Gasteiger partial charge >= 0.3 is 0 Å². The molecule has 0 atom stereocenters. The number of aryl methyl sites for hydroxylation is 2. The zero-order valence-corrected chi connectivity index (χ0v) is 14.7. The Kier molecular flexibility index (Phi) is 5.22. The number of carbonyl (C=O) groups excluding carboxylic acids is 1. The van der Waals surface area contributed by atoms with Crippen LogP contribution in [0.25, 0.3) is 11.5 Å². The van der Waals surface area contributed by atoms with Crippen molar-refractivity contribution in [2.24, 2.45) is 5.73 Å². The highest BCUT2D eigenvalue weighted by atomic mass is 16.5. The molecule has 3 rings (SSSR count). The van der Waals surface area contributed by atoms with Crippen LogP contribution in [0.5, 0.6) is 11.5 Å². The van der Waals surface area contributed by atoms with E-state index in [1.54, 1.807) is 18.2 Å². The van der Waals surface area contributed by atoms with Crippen LogP contribution in [0.2, 0.25) is 0 Å². The summed E-state index contributed by atoms with van der Waals surface area (Å²) in [5.74, 6) is 1.67. The number of rotatable bonds is 7. The van der Waals surface area contributed by atoms with Gasteiger partial charge in [-0.2, -0.15) is 0 Å². The molecule has 0 radical (unpaired) electrons. The topological polar surface area (TPSA) is 87.6 Å². The van der Waals surface area contributed by atoms with Crippen molar-refractivity contribution in [1.29, 1.82) is 0 Å². The highest BCUT2D eigenvalue weighted by molar-refractivity contribution is 5.75. The minimum Gasteiger partial charge on any atom is -0.483 e. The molecule has 0 aliphatic heterocycles. The van der Waals surface area contributed by atoms with Crippen LogP contribution in [0.4, 0.5) is 0 Å². The zero-order chi connectivity index (χ0) is 18.5. The molecule has 1 heterocycles. The van der Waals surface area contributed by atoms with Crippen molar-refractivity contribution < 1.29 is 18.7 Å². The number of nitrogens with zero attached hydrogens (tertiary/aromatic N) is 1. The van der Waals surface area contributed by atoms with Crippen LogP contribution >= 0.6 is 0 Å². The molecule has 1 amide bonds. The van der Waals surface area contributed by atoms with E-state index in [0.717, 1.165) is 11.1 Å². The third kappa shape index (κ3) is 4.03. The second kappa shape index (κ2) is 7.74. The summed E-state index contributed by atoms with van der Waals surface area (Å²) in [5.41, 5.74) is 7.86. The van der Waals surface area contributed by atoms with Gasteiger partial charge in [0.1, 0.15) is 18.1 Å². The molecular weight excluding hydrogens is 332 g/mol. The van der Waals surface area contributed by atoms with E-state index in [-0.39, 0.29) is 13.2 Å². The summed E-state index contributed by atoms with van der Waals surface area (Å²) in [4.78, 5) is 15.5. The van der Waals surface area contributed by atoms with Gasteiger partial charge < -0.3 is 19.6 Å². The summed E-state index contributed by atoms with van der Waals surface area (Å²) in [6, 6.07) is 15.0. The molecule has 1 aromatic heterocycles. The summed E-state index contributed by atoms with van der Waals surface area (Å²) in [5, 5.41) is 0. The van der Waals surface area contributed by atoms with Crippen LogP contribution in [0.1, 0.15) is 17.0 Å². The summed E-state index contributed by atoms with van der Waals surface area (Å²) < 4.78 is 17.0. The SMILES string of the molecule is Cc1ccccc1-c1nc(COc2ccccc2OCC(N)=O)c(C)o1. The number of oxazole rings is 1. The van der Waals surface area contributed by atoms with Crippen molar-refractivity contribution in [3.05, 3.63) is 65.5 Å². The molecule has 134 valence electrons. The number of ether oxygens (including phenoxy) is 2. The fraction of sp³-hybridized carbons (Fsp3) is 0.200. The summed E-state index contributed by atoms with van der Waals surface area (Å²) in [6.07, 6.45) is 0. The number of amides is 1. The lowest BCUT2D eigenvalue weighted by atomic mass is 10.1. The van der Waals surface area contributed by atoms with Crippen LogP contribution in [-0.4, -0.2) is 17.5 Å². The average molecular weight is 352 g/mol. The molecule has 0 unspecified atom stereocenters. The van der Waals surface area contributed by atoms with Crippen molar-refractivity contribution >= 4 is 5.91 Å². The smallest absolute Gasteiger partial charge is 0.255 e. The molecule has 6 nitrogen and oxygen atoms in total. The number of hydrogen-bond donors (Lipinski definition) is 1. The molecule has 0 spiro atoms. The summed E-state index contributed by atoms with van der Waals surface area (Å²) in [6.45, 7) is 3.87. The Morgan fingerprint density at radius 1 is 1.04 bits per heavy atom. The number of benzene rings is 2. The number of hydrogen-bond acceptors (Lipinski definition) is 5. The van der Waals surface area contributed by atoms with Crippen LogP contribution < -0.4 is 15.2 Å². The quantitative estimate of drug-likeness (QED) is 0.704. The first-order chi connectivity index (χ1) is 12.5. The monoisotopic (exact) mass is 352 g/mol. The fourth-order valence-corrected chi connectivity index (χ4v) is 2.47. The lowest BCUT2D eigenvalue weighted by Gasteiger charge is -2.10. The molecule has 0 saturated carbocycles. The van der Waals surface area contributed by atoms with Gasteiger partial charge in [0, 0.05) is 5.56 Å². The first-order valence-electron chi connectivity index (χ1n) is 8.20. The van der Waals surface area contributed by atoms with Gasteiger partial charge in [-0.25, -0.2) is 4.98 Å². The lowest BCUT2D eigenvalue weighted by Crippen LogP contribution is -2.20. The van der Waals surface area contributed by atoms with E-state index in [9.17, 15) is 4.79 Å². The Hall–Kier alpha value is -3.28. The molecule has 0 aliphatic rings. The second-order valence-electron chi connectivity index (χ2n) is 5.83. The molecule has 6 heteroatoms. The number of para-hydroxylation sites is 2. The maximum atomic E-state index is 10.9. The van der Waals surface area contributed by atoms with E-state index in [4.69, 9.17) is 19.6 Å². The standard InChI is InChI=1S/C20H20N2O4/c1-13-7-3-4-8-15(13)20-22-16(14(2)26-20)11-24-17-9-5-6-10-18(17)25-12-19(21)23/h3-10H,11-12H2,1-2H3,(H2,21,23). The summed E-state index contributed by atoms with van der Waals surface area (Å²) >= 11 is 0. The van der Waals surface area contributed by atoms with Crippen molar-refractivity contribution in [2.75, 3.05) is 6.61 Å². The highest BCUT2D eigenvalue weighted by Crippen LogP contribution is 2.29. The molecule has 0 bridgehead atoms. The van der Waals surface area contributed by atoms with Crippen molar-refractivity contribution in [3.63, 3.8) is 0 Å². The largest absolute Gasteiger partial charge is 0.483 e. The number of nitrogens with two attached hydrogens (primary N) is 1. The lowest BCUT2D eigenvalue weighted by molar-refractivity contribution is -0.119. The van der Waals surface area contributed by atoms with E-state index < -0.39 is 5.91 Å². The van der Waals surface area contributed by atoms with Crippen molar-refractivity contribution in [1.82, 2.24) is 4.98 Å². The number of aromatic nitrogens is 1. The van der Waals surface area contributed by atoms with Gasteiger partial charge in [0.2, 0.25) is 5.89 Å². The van der Waals surface area contributed by atoms with Gasteiger partial charge in [-0.1, -0.05) is 30.3 Å². The molecule has 0 fully saturated rings. The van der Waals surface area contributed by atoms with Crippen LogP contribution in [0.15, 0.2) is 52.9 Å². The Labute approximate surface area is 151 Å². The average Bonchev–Trinajstić information content (AvgIpc) is 2.99. The van der Waals surface area contributed by atoms with Crippen LogP contribution in [0, 0.1) is 13.8 Å². The number of carbonyl (C=O) groups is 1. The number of primary amides is 1. The Morgan fingerprint density at radius 2 is 1.69 bits per heavy atom. The summed E-state index contributed by atoms with van der Waals surface area (Å²) in [7, 11) is 0. The van der Waals surface area contributed by atoms with Gasteiger partial charge in [-0.05, 0) is 37.6 Å². The minimum absolute atomic E-state index is 0.208. The first-order valence-corrected chi connectivity index (χ1v) is 8.20. The van der Waals surface area contributed by atoms with Crippen molar-refractivity contribution in [2.45, 2.75) is 20.5 Å². The Balaban J connectivity index is 1.75. The van der Waals surface area contributed by atoms with Gasteiger partial charge in [0.15, 0.2) is 18.1 Å². The Morgan fingerprint density at radius 3 is 2.38 bits per heavy atom. The van der Waals surface area contributed by atoms with Gasteiger partial charge in [0.05, 0.1) is 0 Å². The molecule has 2 aromatic carbocycles. The van der Waals surface area contributed by atoms with E-state index in [2.05, 4.69) is 4.98 Å². The van der Waals surface area contributed by atoms with E-state index >= 15 is 0 Å². The van der Waals surface area contributed by atoms with E-state index in [0.29, 0.717) is 28.8 Å². The Bertz CT molecular complexity index is 918. The maximum Gasteiger partial charge on any atom is 0.255 e. The predicted molar refractivity (Wildman–Crippen MR) is 96.9 cm³/mol. The molecule has 2 N–H and O–H groups in total. The third-order valence-electron chi connectivity index (χ3n) is 3.85. The molecule has 0 aliphatic carbocycles. The highest BCUT2D eigenvalue weighted by Gasteiger charge is 2.14.